The van der Waals surface area contributed by atoms with Crippen LogP contribution in [0.1, 0.15) is 31.4 Å². The molecule has 0 saturated carbocycles. The van der Waals surface area contributed by atoms with Gasteiger partial charge in [-0.15, -0.1) is 0 Å². The number of carbonyl (C=O) groups is 2. The second-order valence-electron chi connectivity index (χ2n) is 4.00. The van der Waals surface area contributed by atoms with Crippen molar-refractivity contribution in [1.82, 2.24) is 5.32 Å². The highest BCUT2D eigenvalue weighted by Crippen LogP contribution is 2.18. The number of hydrogen-bond donors (Lipinski definition) is 1. The lowest BCUT2D eigenvalue weighted by Gasteiger charge is -2.16. The number of esters is 1. The summed E-state index contributed by atoms with van der Waals surface area (Å²) in [5.41, 5.74) is 0. The Hall–Kier alpha value is -1.98. The predicted octanol–water partition coefficient (Wildman–Crippen LogP) is 1.94. The molecular formula is C12H17NO5. The summed E-state index contributed by atoms with van der Waals surface area (Å²) in [7, 11) is 1.22. The first-order chi connectivity index (χ1) is 8.43. The van der Waals surface area contributed by atoms with Gasteiger partial charge in [0, 0.05) is 0 Å². The highest BCUT2D eigenvalue weighted by Gasteiger charge is 2.28. The maximum atomic E-state index is 11.9. The van der Waals surface area contributed by atoms with E-state index >= 15 is 0 Å². The number of alkyl carbamates (subject to hydrolysis) is 1. The van der Waals surface area contributed by atoms with Crippen molar-refractivity contribution in [2.45, 2.75) is 32.9 Å². The van der Waals surface area contributed by atoms with Crippen molar-refractivity contribution in [2.24, 2.45) is 0 Å². The zero-order valence-corrected chi connectivity index (χ0v) is 10.9. The molecule has 0 aliphatic heterocycles. The van der Waals surface area contributed by atoms with E-state index in [0.29, 0.717) is 11.5 Å². The zero-order valence-electron chi connectivity index (χ0n) is 10.9. The molecule has 6 nitrogen and oxygen atoms in total. The van der Waals surface area contributed by atoms with Crippen LogP contribution in [0.4, 0.5) is 4.79 Å². The molecule has 1 N–H and O–H groups in total. The summed E-state index contributed by atoms with van der Waals surface area (Å²) in [6.45, 7) is 5.19. The maximum absolute atomic E-state index is 11.9. The molecule has 0 fully saturated rings. The molecule has 0 spiro atoms. The average Bonchev–Trinajstić information content (AvgIpc) is 2.70. The van der Waals surface area contributed by atoms with Gasteiger partial charge >= 0.3 is 12.1 Å². The van der Waals surface area contributed by atoms with Gasteiger partial charge in [-0.05, 0) is 32.9 Å². The fourth-order valence-electron chi connectivity index (χ4n) is 1.33. The van der Waals surface area contributed by atoms with E-state index in [-0.39, 0.29) is 6.10 Å². The van der Waals surface area contributed by atoms with E-state index in [9.17, 15) is 9.59 Å². The Bertz CT molecular complexity index is 424. The Morgan fingerprint density at radius 3 is 2.44 bits per heavy atom. The molecule has 100 valence electrons. The van der Waals surface area contributed by atoms with Crippen LogP contribution in [-0.2, 0) is 14.3 Å². The normalized spacial score (nSPS) is 12.1. The lowest BCUT2D eigenvalue weighted by molar-refractivity contribution is -0.150. The maximum Gasteiger partial charge on any atom is 0.407 e. The van der Waals surface area contributed by atoms with Gasteiger partial charge in [0.1, 0.15) is 11.5 Å². The zero-order chi connectivity index (χ0) is 13.7. The summed E-state index contributed by atoms with van der Waals surface area (Å²) in [5, 5.41) is 2.37. The van der Waals surface area contributed by atoms with Crippen LogP contribution in [0.25, 0.3) is 0 Å². The predicted molar refractivity (Wildman–Crippen MR) is 63.0 cm³/mol. The van der Waals surface area contributed by atoms with Crippen molar-refractivity contribution < 1.29 is 23.5 Å². The van der Waals surface area contributed by atoms with Gasteiger partial charge in [0.05, 0.1) is 13.2 Å². The number of carbonyl (C=O) groups excluding carboxylic acids is 2. The third-order valence-electron chi connectivity index (χ3n) is 2.08. The summed E-state index contributed by atoms with van der Waals surface area (Å²) in [4.78, 5) is 23.1. The summed E-state index contributed by atoms with van der Waals surface area (Å²) in [6.07, 6.45) is -1.01. The summed E-state index contributed by atoms with van der Waals surface area (Å²) >= 11 is 0. The number of methoxy groups -OCH3 is 1. The molecule has 0 radical (unpaired) electrons. The minimum atomic E-state index is -1.01. The van der Waals surface area contributed by atoms with Gasteiger partial charge < -0.3 is 19.2 Å². The summed E-state index contributed by atoms with van der Waals surface area (Å²) in [6, 6.07) is 2.30. The number of hydrogen-bond acceptors (Lipinski definition) is 5. The first kappa shape index (κ1) is 14.1. The monoisotopic (exact) mass is 255 g/mol. The molecule has 1 atom stereocenters. The number of amides is 1. The second kappa shape index (κ2) is 6.09. The van der Waals surface area contributed by atoms with E-state index in [1.54, 1.807) is 32.9 Å². The SMILES string of the molecule is COC(=O)N[C@@H](C(=O)OC(C)C)c1ccc(C)o1. The van der Waals surface area contributed by atoms with Crippen LogP contribution in [0.2, 0.25) is 0 Å². The number of aryl methyl sites for hydroxylation is 1. The van der Waals surface area contributed by atoms with Crippen molar-refractivity contribution in [3.63, 3.8) is 0 Å². The van der Waals surface area contributed by atoms with Crippen LogP contribution in [0.5, 0.6) is 0 Å². The Kier molecular flexibility index (Phi) is 4.76. The molecule has 1 rings (SSSR count). The van der Waals surface area contributed by atoms with Crippen molar-refractivity contribution in [3.05, 3.63) is 23.7 Å². The van der Waals surface area contributed by atoms with Crippen LogP contribution in [0, 0.1) is 6.92 Å². The van der Waals surface area contributed by atoms with Crippen molar-refractivity contribution in [3.8, 4) is 0 Å². The van der Waals surface area contributed by atoms with Crippen LogP contribution in [-0.4, -0.2) is 25.3 Å². The average molecular weight is 255 g/mol. The Labute approximate surface area is 105 Å². The fourth-order valence-corrected chi connectivity index (χ4v) is 1.33. The van der Waals surface area contributed by atoms with E-state index in [1.807, 2.05) is 0 Å². The number of furan rings is 1. The van der Waals surface area contributed by atoms with Gasteiger partial charge in [0.15, 0.2) is 6.04 Å². The van der Waals surface area contributed by atoms with E-state index in [1.165, 1.54) is 7.11 Å². The first-order valence-electron chi connectivity index (χ1n) is 5.55. The minimum Gasteiger partial charge on any atom is -0.464 e. The topological polar surface area (TPSA) is 77.8 Å². The van der Waals surface area contributed by atoms with Gasteiger partial charge in [-0.3, -0.25) is 0 Å². The van der Waals surface area contributed by atoms with Crippen LogP contribution >= 0.6 is 0 Å². The van der Waals surface area contributed by atoms with Gasteiger partial charge in [0.25, 0.3) is 0 Å². The lowest BCUT2D eigenvalue weighted by Crippen LogP contribution is -2.35. The molecule has 0 bridgehead atoms. The van der Waals surface area contributed by atoms with Crippen LogP contribution in [0.3, 0.4) is 0 Å². The van der Waals surface area contributed by atoms with Crippen LogP contribution in [0.15, 0.2) is 16.5 Å². The molecule has 0 unspecified atom stereocenters. The lowest BCUT2D eigenvalue weighted by atomic mass is 10.2. The smallest absolute Gasteiger partial charge is 0.407 e. The van der Waals surface area contributed by atoms with Crippen molar-refractivity contribution >= 4 is 12.1 Å². The highest BCUT2D eigenvalue weighted by atomic mass is 16.6. The standard InChI is InChI=1S/C12H17NO5/c1-7(2)17-11(14)10(13-12(15)16-4)9-6-5-8(3)18-9/h5-7,10H,1-4H3,(H,13,15)/t10-/m1/s1. The molecule has 0 saturated heterocycles. The highest BCUT2D eigenvalue weighted by molar-refractivity contribution is 5.82. The fraction of sp³-hybridized carbons (Fsp3) is 0.500. The van der Waals surface area contributed by atoms with E-state index in [4.69, 9.17) is 9.15 Å². The Morgan fingerprint density at radius 2 is 2.00 bits per heavy atom. The van der Waals surface area contributed by atoms with Crippen molar-refractivity contribution in [2.75, 3.05) is 7.11 Å². The van der Waals surface area contributed by atoms with Crippen molar-refractivity contribution in [1.29, 1.82) is 0 Å². The molecule has 1 aromatic rings. The number of ether oxygens (including phenoxy) is 2. The third kappa shape index (κ3) is 3.80. The van der Waals surface area contributed by atoms with Gasteiger partial charge in [-0.2, -0.15) is 0 Å². The minimum absolute atomic E-state index is 0.282. The van der Waals surface area contributed by atoms with E-state index < -0.39 is 18.1 Å². The molecule has 0 aliphatic rings. The molecule has 0 aliphatic carbocycles. The molecule has 6 heteroatoms. The van der Waals surface area contributed by atoms with Gasteiger partial charge in [-0.25, -0.2) is 9.59 Å². The summed E-state index contributed by atoms with van der Waals surface area (Å²) < 4.78 is 14.8. The largest absolute Gasteiger partial charge is 0.464 e. The second-order valence-corrected chi connectivity index (χ2v) is 4.00. The third-order valence-corrected chi connectivity index (χ3v) is 2.08. The first-order valence-corrected chi connectivity index (χ1v) is 5.55. The molecular weight excluding hydrogens is 238 g/mol. The molecule has 0 aromatic carbocycles. The number of nitrogens with one attached hydrogen (secondary N) is 1. The molecule has 1 amide bonds. The molecule has 1 aromatic heterocycles. The number of rotatable bonds is 4. The Balaban J connectivity index is 2.87. The van der Waals surface area contributed by atoms with Crippen LogP contribution < -0.4 is 5.32 Å². The Morgan fingerprint density at radius 1 is 1.33 bits per heavy atom. The van der Waals surface area contributed by atoms with Gasteiger partial charge in [-0.1, -0.05) is 0 Å². The molecule has 18 heavy (non-hydrogen) atoms. The molecule has 1 heterocycles. The van der Waals surface area contributed by atoms with E-state index in [2.05, 4.69) is 10.1 Å². The quantitative estimate of drug-likeness (QED) is 0.832. The van der Waals surface area contributed by atoms with Gasteiger partial charge in [0.2, 0.25) is 0 Å². The summed E-state index contributed by atoms with van der Waals surface area (Å²) in [5.74, 6) is 0.354. The van der Waals surface area contributed by atoms with E-state index in [0.717, 1.165) is 0 Å².